The second kappa shape index (κ2) is 13.2. The van der Waals surface area contributed by atoms with Crippen molar-refractivity contribution in [3.63, 3.8) is 0 Å². The number of aryl methyl sites for hydroxylation is 1. The molecule has 0 spiro atoms. The Morgan fingerprint density at radius 2 is 1.06 bits per heavy atom. The van der Waals surface area contributed by atoms with Gasteiger partial charge in [-0.1, -0.05) is 60.2 Å². The first kappa shape index (κ1) is 33.4. The van der Waals surface area contributed by atoms with Crippen molar-refractivity contribution in [3.05, 3.63) is 150 Å². The number of allylic oxidation sites excluding steroid dienone is 2. The zero-order valence-electron chi connectivity index (χ0n) is 29.6. The molecule has 0 radical (unpaired) electrons. The number of rotatable bonds is 7. The van der Waals surface area contributed by atoms with Crippen LogP contribution in [0, 0.1) is 36.5 Å². The number of hydrogen-bond donors (Lipinski definition) is 3. The molecular weight excluding hydrogens is 677 g/mol. The number of anilines is 6. The molecule has 54 heavy (non-hydrogen) atoms. The van der Waals surface area contributed by atoms with Gasteiger partial charge < -0.3 is 15.7 Å². The summed E-state index contributed by atoms with van der Waals surface area (Å²) in [5.74, 6) is -4.53. The quantitative estimate of drug-likeness (QED) is 0.115. The Hall–Kier alpha value is -6.48. The number of amides is 4. The van der Waals surface area contributed by atoms with Gasteiger partial charge in [-0.15, -0.1) is 0 Å². The van der Waals surface area contributed by atoms with Gasteiger partial charge in [-0.25, -0.2) is 0 Å². The first-order valence-electron chi connectivity index (χ1n) is 18.4. The highest BCUT2D eigenvalue weighted by Gasteiger charge is 2.62. The molecule has 1 saturated carbocycles. The lowest BCUT2D eigenvalue weighted by molar-refractivity contribution is -0.126. The van der Waals surface area contributed by atoms with Crippen molar-refractivity contribution >= 4 is 57.8 Å². The molecule has 5 aromatic carbocycles. The van der Waals surface area contributed by atoms with E-state index in [-0.39, 0.29) is 35.8 Å². The van der Waals surface area contributed by atoms with E-state index in [9.17, 15) is 24.3 Å². The van der Waals surface area contributed by atoms with Crippen LogP contribution in [0.25, 0.3) is 0 Å². The normalized spacial score (nSPS) is 24.5. The van der Waals surface area contributed by atoms with Crippen LogP contribution in [0.3, 0.4) is 0 Å². The molecule has 2 aliphatic heterocycles. The number of imide groups is 2. The summed E-state index contributed by atoms with van der Waals surface area (Å²) in [6.45, 7) is 1.80. The molecule has 2 heterocycles. The zero-order valence-corrected chi connectivity index (χ0v) is 29.6. The highest BCUT2D eigenvalue weighted by Crippen LogP contribution is 2.58. The predicted octanol–water partition coefficient (Wildman–Crippen LogP) is 8.23. The zero-order chi connectivity index (χ0) is 37.1. The second-order valence-corrected chi connectivity index (χ2v) is 14.7. The Balaban J connectivity index is 1.04. The van der Waals surface area contributed by atoms with Gasteiger partial charge in [0.25, 0.3) is 0 Å². The molecule has 6 unspecified atom stereocenters. The Bertz CT molecular complexity index is 2320. The lowest BCUT2D eigenvalue weighted by Crippen LogP contribution is -2.43. The molecule has 3 fully saturated rings. The van der Waals surface area contributed by atoms with Gasteiger partial charge in [-0.3, -0.25) is 29.0 Å². The maximum atomic E-state index is 14.5. The maximum Gasteiger partial charge on any atom is 0.238 e. The predicted molar refractivity (Wildman–Crippen MR) is 208 cm³/mol. The van der Waals surface area contributed by atoms with Gasteiger partial charge in [-0.05, 0) is 116 Å². The first-order chi connectivity index (χ1) is 26.3. The maximum absolute atomic E-state index is 14.5. The van der Waals surface area contributed by atoms with E-state index in [0.29, 0.717) is 23.4 Å². The van der Waals surface area contributed by atoms with Crippen molar-refractivity contribution in [2.45, 2.75) is 25.7 Å². The number of benzene rings is 5. The van der Waals surface area contributed by atoms with Crippen LogP contribution in [0.15, 0.2) is 139 Å². The summed E-state index contributed by atoms with van der Waals surface area (Å²) in [6, 6.07) is 39.3. The third kappa shape index (κ3) is 5.55. The Morgan fingerprint density at radius 3 is 1.59 bits per heavy atom. The van der Waals surface area contributed by atoms with Crippen LogP contribution in [0.4, 0.5) is 34.1 Å². The van der Waals surface area contributed by atoms with Crippen molar-refractivity contribution in [2.75, 3.05) is 20.4 Å². The van der Waals surface area contributed by atoms with E-state index in [1.54, 1.807) is 37.3 Å². The molecule has 5 aromatic rings. The number of fused-ring (bicyclic) bond motifs is 4. The van der Waals surface area contributed by atoms with Gasteiger partial charge >= 0.3 is 0 Å². The third-order valence-corrected chi connectivity index (χ3v) is 11.6. The summed E-state index contributed by atoms with van der Waals surface area (Å²) in [7, 11) is 0. The van der Waals surface area contributed by atoms with Crippen molar-refractivity contribution in [1.29, 1.82) is 0 Å². The number of phenols is 1. The molecule has 0 bridgehead atoms. The minimum atomic E-state index is -0.699. The van der Waals surface area contributed by atoms with Crippen molar-refractivity contribution in [1.82, 2.24) is 0 Å². The second-order valence-electron chi connectivity index (χ2n) is 14.7. The van der Waals surface area contributed by atoms with E-state index >= 15 is 0 Å². The molecule has 4 amide bonds. The van der Waals surface area contributed by atoms with Crippen LogP contribution in [-0.4, -0.2) is 28.7 Å². The van der Waals surface area contributed by atoms with Crippen LogP contribution in [-0.2, 0) is 19.2 Å². The largest absolute Gasteiger partial charge is 0.508 e. The number of hydrogen-bond acceptors (Lipinski definition) is 7. The standard InChI is InChI=1S/C45H38N4O5/c1-26-24-27(12-23-38(26)50)39-34-21-22-35-40(44(53)48(42(35)51)32-17-13-30(14-18-32)46-28-8-4-2-5-9-28)36(34)25-37-41(39)45(54)49(43(37)52)33-19-15-31(16-20-33)47-29-10-6-3-7-11-29/h2-21,23-24,35-37,39-41,46-47,50H,22,25H2,1H3. The molecule has 3 N–H and O–H groups in total. The average Bonchev–Trinajstić information content (AvgIpc) is 3.60. The lowest BCUT2D eigenvalue weighted by Gasteiger charge is -2.44. The molecule has 4 aliphatic rings. The van der Waals surface area contributed by atoms with Gasteiger partial charge in [0.2, 0.25) is 23.6 Å². The smallest absolute Gasteiger partial charge is 0.238 e. The van der Waals surface area contributed by atoms with E-state index in [1.165, 1.54) is 9.80 Å². The fraction of sp³-hybridized carbons (Fsp3) is 0.200. The minimum Gasteiger partial charge on any atom is -0.508 e. The summed E-state index contributed by atoms with van der Waals surface area (Å²) in [4.78, 5) is 60.1. The van der Waals surface area contributed by atoms with Gasteiger partial charge in [0, 0.05) is 28.7 Å². The Kier molecular flexibility index (Phi) is 8.14. The molecule has 6 atom stereocenters. The SMILES string of the molecule is Cc1cc(C2C3=CCC4C(=O)N(c5ccc(Nc6ccccc6)cc5)C(=O)C4C3CC3C(=O)N(c4ccc(Nc5ccccc5)cc4)C(=O)C32)ccc1O. The summed E-state index contributed by atoms with van der Waals surface area (Å²) in [6.07, 6.45) is 2.69. The number of nitrogens with zero attached hydrogens (tertiary/aromatic N) is 2. The minimum absolute atomic E-state index is 0.136. The molecule has 0 aromatic heterocycles. The number of carbonyl (C=O) groups excluding carboxylic acids is 4. The van der Waals surface area contributed by atoms with Gasteiger partial charge in [-0.2, -0.15) is 0 Å². The topological polar surface area (TPSA) is 119 Å². The molecule has 2 aliphatic carbocycles. The summed E-state index contributed by atoms with van der Waals surface area (Å²) in [5, 5.41) is 17.1. The van der Waals surface area contributed by atoms with Crippen LogP contribution in [0.2, 0.25) is 0 Å². The summed E-state index contributed by atoms with van der Waals surface area (Å²) in [5.41, 5.74) is 6.84. The average molecular weight is 715 g/mol. The molecule has 2 saturated heterocycles. The molecule has 268 valence electrons. The van der Waals surface area contributed by atoms with E-state index in [1.807, 2.05) is 103 Å². The third-order valence-electron chi connectivity index (χ3n) is 11.6. The van der Waals surface area contributed by atoms with Crippen molar-refractivity contribution in [3.8, 4) is 5.75 Å². The fourth-order valence-electron chi connectivity index (χ4n) is 9.11. The van der Waals surface area contributed by atoms with E-state index in [4.69, 9.17) is 0 Å². The first-order valence-corrected chi connectivity index (χ1v) is 18.4. The van der Waals surface area contributed by atoms with Crippen LogP contribution in [0.5, 0.6) is 5.75 Å². The highest BCUT2D eigenvalue weighted by atomic mass is 16.3. The van der Waals surface area contributed by atoms with E-state index in [0.717, 1.165) is 33.9 Å². The van der Waals surface area contributed by atoms with Crippen molar-refractivity contribution < 1.29 is 24.3 Å². The highest BCUT2D eigenvalue weighted by molar-refractivity contribution is 6.24. The number of nitrogens with one attached hydrogen (secondary N) is 2. The fourth-order valence-corrected chi connectivity index (χ4v) is 9.11. The van der Waals surface area contributed by atoms with Gasteiger partial charge in [0.15, 0.2) is 0 Å². The summed E-state index contributed by atoms with van der Waals surface area (Å²) < 4.78 is 0. The van der Waals surface area contributed by atoms with Crippen LogP contribution in [0.1, 0.15) is 29.9 Å². The van der Waals surface area contributed by atoms with Crippen molar-refractivity contribution in [2.24, 2.45) is 29.6 Å². The lowest BCUT2D eigenvalue weighted by atomic mass is 9.57. The Labute approximate surface area is 312 Å². The number of para-hydroxylation sites is 2. The summed E-state index contributed by atoms with van der Waals surface area (Å²) >= 11 is 0. The Morgan fingerprint density at radius 1 is 0.556 bits per heavy atom. The number of aromatic hydroxyl groups is 1. The van der Waals surface area contributed by atoms with Gasteiger partial charge in [0.05, 0.1) is 35.0 Å². The van der Waals surface area contributed by atoms with Crippen LogP contribution < -0.4 is 20.4 Å². The van der Waals surface area contributed by atoms with Gasteiger partial charge in [0.1, 0.15) is 5.75 Å². The molecule has 9 rings (SSSR count). The van der Waals surface area contributed by atoms with E-state index in [2.05, 4.69) is 10.6 Å². The monoisotopic (exact) mass is 714 g/mol. The molecule has 9 nitrogen and oxygen atoms in total. The molecular formula is C45H38N4O5. The molecule has 9 heteroatoms. The number of carbonyl (C=O) groups is 4. The van der Waals surface area contributed by atoms with E-state index < -0.39 is 35.5 Å². The van der Waals surface area contributed by atoms with Crippen LogP contribution >= 0.6 is 0 Å². The number of phenolic OH excluding ortho intramolecular Hbond substituents is 1.